The average Bonchev–Trinajstić information content (AvgIpc) is 1.79. The smallest absolute Gasteiger partial charge is 0.0679 e. The predicted octanol–water partition coefficient (Wildman–Crippen LogP) is 1.93. The van der Waals surface area contributed by atoms with Crippen LogP contribution in [-0.4, -0.2) is 23.3 Å². The van der Waals surface area contributed by atoms with Crippen LogP contribution in [0.25, 0.3) is 0 Å². The lowest BCUT2D eigenvalue weighted by atomic mass is 9.76. The Morgan fingerprint density at radius 2 is 2.08 bits per heavy atom. The summed E-state index contributed by atoms with van der Waals surface area (Å²) in [6, 6.07) is 0.459. The Hall–Kier alpha value is -0.0800. The van der Waals surface area contributed by atoms with Crippen molar-refractivity contribution in [2.75, 3.05) is 6.54 Å². The van der Waals surface area contributed by atoms with Gasteiger partial charge in [0.15, 0.2) is 0 Å². The summed E-state index contributed by atoms with van der Waals surface area (Å²) in [5.41, 5.74) is -0.200. The SMILES string of the molecule is CC1CC(O)(CC(C)(C)C)CCN1. The molecule has 2 N–H and O–H groups in total. The molecule has 1 rings (SSSR count). The first kappa shape index (κ1) is 11.0. The van der Waals surface area contributed by atoms with E-state index in [0.717, 1.165) is 25.8 Å². The molecule has 0 aromatic heterocycles. The van der Waals surface area contributed by atoms with Crippen LogP contribution in [0.2, 0.25) is 0 Å². The first-order chi connectivity index (χ1) is 5.81. The summed E-state index contributed by atoms with van der Waals surface area (Å²) in [7, 11) is 0. The third-order valence-corrected chi connectivity index (χ3v) is 2.63. The second-order valence-electron chi connectivity index (χ2n) is 5.77. The first-order valence-corrected chi connectivity index (χ1v) is 5.27. The molecule has 2 nitrogen and oxygen atoms in total. The van der Waals surface area contributed by atoms with Crippen molar-refractivity contribution in [3.63, 3.8) is 0 Å². The van der Waals surface area contributed by atoms with Gasteiger partial charge < -0.3 is 10.4 Å². The highest BCUT2D eigenvalue weighted by molar-refractivity contribution is 4.91. The average molecular weight is 185 g/mol. The number of nitrogens with one attached hydrogen (secondary N) is 1. The van der Waals surface area contributed by atoms with Gasteiger partial charge in [0.25, 0.3) is 0 Å². The summed E-state index contributed by atoms with van der Waals surface area (Å²) in [4.78, 5) is 0. The molecule has 0 aliphatic carbocycles. The third kappa shape index (κ3) is 3.65. The Kier molecular flexibility index (Phi) is 3.03. The van der Waals surface area contributed by atoms with Gasteiger partial charge in [0.1, 0.15) is 0 Å². The van der Waals surface area contributed by atoms with Crippen LogP contribution in [0, 0.1) is 5.41 Å². The fourth-order valence-electron chi connectivity index (χ4n) is 2.44. The van der Waals surface area contributed by atoms with Crippen molar-refractivity contribution in [2.24, 2.45) is 5.41 Å². The van der Waals surface area contributed by atoms with E-state index in [4.69, 9.17) is 0 Å². The molecule has 0 saturated carbocycles. The molecule has 0 aromatic rings. The highest BCUT2D eigenvalue weighted by Gasteiger charge is 2.35. The van der Waals surface area contributed by atoms with E-state index in [0.29, 0.717) is 6.04 Å². The molecule has 0 amide bonds. The van der Waals surface area contributed by atoms with Crippen molar-refractivity contribution in [1.29, 1.82) is 0 Å². The second kappa shape index (κ2) is 3.58. The third-order valence-electron chi connectivity index (χ3n) is 2.63. The van der Waals surface area contributed by atoms with Crippen LogP contribution in [0.4, 0.5) is 0 Å². The van der Waals surface area contributed by atoms with Crippen molar-refractivity contribution in [1.82, 2.24) is 5.32 Å². The van der Waals surface area contributed by atoms with Gasteiger partial charge in [0.2, 0.25) is 0 Å². The molecule has 1 heterocycles. The molecule has 0 spiro atoms. The fraction of sp³-hybridized carbons (Fsp3) is 1.00. The normalized spacial score (nSPS) is 36.2. The summed E-state index contributed by atoms with van der Waals surface area (Å²) in [5.74, 6) is 0. The van der Waals surface area contributed by atoms with Crippen LogP contribution in [0.1, 0.15) is 47.0 Å². The van der Waals surface area contributed by atoms with E-state index in [1.165, 1.54) is 0 Å². The molecule has 2 heteroatoms. The topological polar surface area (TPSA) is 32.3 Å². The van der Waals surface area contributed by atoms with E-state index in [1.54, 1.807) is 0 Å². The van der Waals surface area contributed by atoms with Gasteiger partial charge in [-0.15, -0.1) is 0 Å². The molecule has 1 saturated heterocycles. The lowest BCUT2D eigenvalue weighted by Gasteiger charge is -2.40. The van der Waals surface area contributed by atoms with Crippen LogP contribution in [0.3, 0.4) is 0 Å². The Morgan fingerprint density at radius 3 is 2.54 bits per heavy atom. The maximum Gasteiger partial charge on any atom is 0.0679 e. The van der Waals surface area contributed by atoms with E-state index in [1.807, 2.05) is 0 Å². The number of hydrogen-bond acceptors (Lipinski definition) is 2. The zero-order chi connectivity index (χ0) is 10.1. The van der Waals surface area contributed by atoms with Gasteiger partial charge in [-0.1, -0.05) is 20.8 Å². The molecule has 0 aromatic carbocycles. The van der Waals surface area contributed by atoms with Crippen LogP contribution in [0.15, 0.2) is 0 Å². The zero-order valence-corrected chi connectivity index (χ0v) is 9.35. The minimum atomic E-state index is -0.428. The number of aliphatic hydroxyl groups is 1. The Balaban J connectivity index is 2.54. The summed E-state index contributed by atoms with van der Waals surface area (Å²) in [5, 5.41) is 13.7. The van der Waals surface area contributed by atoms with E-state index < -0.39 is 5.60 Å². The first-order valence-electron chi connectivity index (χ1n) is 5.27. The van der Waals surface area contributed by atoms with Crippen LogP contribution >= 0.6 is 0 Å². The Bertz CT molecular complexity index is 173. The lowest BCUT2D eigenvalue weighted by molar-refractivity contribution is -0.0335. The summed E-state index contributed by atoms with van der Waals surface area (Å²) in [6.45, 7) is 9.67. The van der Waals surface area contributed by atoms with Crippen molar-refractivity contribution in [2.45, 2.75) is 58.6 Å². The predicted molar refractivity (Wildman–Crippen MR) is 55.7 cm³/mol. The summed E-state index contributed by atoms with van der Waals surface area (Å²) < 4.78 is 0. The van der Waals surface area contributed by atoms with Gasteiger partial charge in [-0.2, -0.15) is 0 Å². The molecule has 0 radical (unpaired) electrons. The standard InChI is InChI=1S/C11H23NO/c1-9-7-11(13,5-6-12-9)8-10(2,3)4/h9,12-13H,5-8H2,1-4H3. The lowest BCUT2D eigenvalue weighted by Crippen LogP contribution is -2.48. The van der Waals surface area contributed by atoms with Crippen molar-refractivity contribution in [3.8, 4) is 0 Å². The van der Waals surface area contributed by atoms with E-state index in [9.17, 15) is 5.11 Å². The van der Waals surface area contributed by atoms with E-state index in [2.05, 4.69) is 33.0 Å². The summed E-state index contributed by atoms with van der Waals surface area (Å²) in [6.07, 6.45) is 2.70. The van der Waals surface area contributed by atoms with E-state index in [-0.39, 0.29) is 5.41 Å². The number of hydrogen-bond donors (Lipinski definition) is 2. The Labute approximate surface area is 81.7 Å². The quantitative estimate of drug-likeness (QED) is 0.654. The van der Waals surface area contributed by atoms with Gasteiger partial charge in [0.05, 0.1) is 5.60 Å². The Morgan fingerprint density at radius 1 is 1.46 bits per heavy atom. The van der Waals surface area contributed by atoms with Crippen LogP contribution in [-0.2, 0) is 0 Å². The number of piperidine rings is 1. The minimum absolute atomic E-state index is 0.228. The molecular formula is C11H23NO. The van der Waals surface area contributed by atoms with Gasteiger partial charge >= 0.3 is 0 Å². The van der Waals surface area contributed by atoms with Gasteiger partial charge in [-0.25, -0.2) is 0 Å². The van der Waals surface area contributed by atoms with Gasteiger partial charge in [0, 0.05) is 6.04 Å². The molecule has 1 aliphatic rings. The van der Waals surface area contributed by atoms with E-state index >= 15 is 0 Å². The van der Waals surface area contributed by atoms with Crippen molar-refractivity contribution in [3.05, 3.63) is 0 Å². The largest absolute Gasteiger partial charge is 0.390 e. The van der Waals surface area contributed by atoms with Gasteiger partial charge in [-0.05, 0) is 38.1 Å². The van der Waals surface area contributed by atoms with Crippen molar-refractivity contribution < 1.29 is 5.11 Å². The number of rotatable bonds is 1. The van der Waals surface area contributed by atoms with Crippen molar-refractivity contribution >= 4 is 0 Å². The molecule has 1 fully saturated rings. The molecule has 1 aliphatic heterocycles. The van der Waals surface area contributed by atoms with Crippen LogP contribution < -0.4 is 5.32 Å². The molecule has 13 heavy (non-hydrogen) atoms. The molecule has 2 atom stereocenters. The maximum absolute atomic E-state index is 10.3. The fourth-order valence-corrected chi connectivity index (χ4v) is 2.44. The zero-order valence-electron chi connectivity index (χ0n) is 9.35. The monoisotopic (exact) mass is 185 g/mol. The molecule has 2 unspecified atom stereocenters. The van der Waals surface area contributed by atoms with Gasteiger partial charge in [-0.3, -0.25) is 0 Å². The maximum atomic E-state index is 10.3. The molecule has 0 bridgehead atoms. The summed E-state index contributed by atoms with van der Waals surface area (Å²) >= 11 is 0. The minimum Gasteiger partial charge on any atom is -0.390 e. The highest BCUT2D eigenvalue weighted by Crippen LogP contribution is 2.34. The second-order valence-corrected chi connectivity index (χ2v) is 5.77. The van der Waals surface area contributed by atoms with Crippen LogP contribution in [0.5, 0.6) is 0 Å². The molecular weight excluding hydrogens is 162 g/mol. The highest BCUT2D eigenvalue weighted by atomic mass is 16.3. The molecule has 78 valence electrons.